The topological polar surface area (TPSA) is 59.5 Å². The monoisotopic (exact) mass is 537 g/mol. The molecule has 4 rings (SSSR count). The largest absolute Gasteiger partial charge is 0.507 e. The van der Waals surface area contributed by atoms with E-state index in [0.29, 0.717) is 17.4 Å². The molecule has 38 heavy (non-hydrogen) atoms. The number of rotatable bonds is 6. The highest BCUT2D eigenvalue weighted by Crippen LogP contribution is 2.39. The van der Waals surface area contributed by atoms with Crippen molar-refractivity contribution >= 4 is 18.2 Å². The maximum atomic E-state index is 13.7. The van der Waals surface area contributed by atoms with Gasteiger partial charge in [-0.05, 0) is 41.4 Å². The second kappa shape index (κ2) is 11.9. The van der Waals surface area contributed by atoms with Crippen molar-refractivity contribution in [2.45, 2.75) is 104 Å². The van der Waals surface area contributed by atoms with Crippen molar-refractivity contribution in [1.29, 1.82) is 0 Å². The minimum Gasteiger partial charge on any atom is -0.507 e. The maximum Gasteiger partial charge on any atom is 0.205 e. The molecule has 1 heterocycles. The van der Waals surface area contributed by atoms with Gasteiger partial charge in [-0.3, -0.25) is 4.79 Å². The number of Topliss-reactive ketones (excluding diaryl/α,β-unsaturated/α-hetero) is 1. The minimum atomic E-state index is -0.284. The summed E-state index contributed by atoms with van der Waals surface area (Å²) >= 11 is 0. The van der Waals surface area contributed by atoms with E-state index < -0.39 is 0 Å². The number of imidazole rings is 1. The van der Waals surface area contributed by atoms with Crippen LogP contribution < -0.4 is 5.62 Å². The van der Waals surface area contributed by atoms with Crippen LogP contribution in [-0.2, 0) is 23.9 Å². The number of aromatic hydroxyl groups is 1. The Hall–Kier alpha value is -2.79. The maximum absolute atomic E-state index is 13.7. The van der Waals surface area contributed by atoms with E-state index in [1.54, 1.807) is 0 Å². The van der Waals surface area contributed by atoms with Crippen molar-refractivity contribution < 1.29 is 9.90 Å². The Morgan fingerprint density at radius 3 is 2.00 bits per heavy atom. The van der Waals surface area contributed by atoms with Crippen molar-refractivity contribution in [3.8, 4) is 5.75 Å². The molecule has 3 aromatic rings. The average molecular weight is 538 g/mol. The summed E-state index contributed by atoms with van der Waals surface area (Å²) in [6.07, 6.45) is 9.94. The molecule has 1 aliphatic carbocycles. The van der Waals surface area contributed by atoms with Crippen LogP contribution in [0.3, 0.4) is 0 Å². The van der Waals surface area contributed by atoms with Gasteiger partial charge in [0.2, 0.25) is 5.62 Å². The van der Waals surface area contributed by atoms with Crippen LogP contribution in [0.4, 0.5) is 0 Å². The van der Waals surface area contributed by atoms with Gasteiger partial charge in [0.25, 0.3) is 0 Å². The number of ketones is 1. The fraction of sp³-hybridized carbons (Fsp3) is 0.500. The van der Waals surface area contributed by atoms with Crippen LogP contribution in [0.25, 0.3) is 0 Å². The molecule has 1 aliphatic rings. The van der Waals surface area contributed by atoms with E-state index in [9.17, 15) is 9.90 Å². The first-order valence-corrected chi connectivity index (χ1v) is 13.7. The Labute approximate surface area is 234 Å². The van der Waals surface area contributed by atoms with E-state index >= 15 is 0 Å². The summed E-state index contributed by atoms with van der Waals surface area (Å²) in [5, 5.41) is 11.1. The van der Waals surface area contributed by atoms with E-state index in [0.717, 1.165) is 36.1 Å². The lowest BCUT2D eigenvalue weighted by atomic mass is 9.78. The summed E-state index contributed by atoms with van der Waals surface area (Å²) in [5.74, 6) is 0.324. The number of hydrogen-bond donors (Lipinski definition) is 1. The van der Waals surface area contributed by atoms with Crippen LogP contribution in [0.5, 0.6) is 5.75 Å². The molecule has 0 bridgehead atoms. The Kier molecular flexibility index (Phi) is 9.35. The molecule has 6 heteroatoms. The molecule has 1 N–H and O–H groups in total. The molecular weight excluding hydrogens is 494 g/mol. The van der Waals surface area contributed by atoms with E-state index in [2.05, 4.69) is 70.4 Å². The van der Waals surface area contributed by atoms with Crippen molar-refractivity contribution in [3.63, 3.8) is 0 Å². The predicted octanol–water partition coefficient (Wildman–Crippen LogP) is 7.18. The normalized spacial score (nSPS) is 15.4. The lowest BCUT2D eigenvalue weighted by Gasteiger charge is -2.28. The first-order chi connectivity index (χ1) is 17.4. The van der Waals surface area contributed by atoms with Gasteiger partial charge in [-0.2, -0.15) is 0 Å². The number of phenolic OH excluding ortho intramolecular Hbond substituents is 1. The van der Waals surface area contributed by atoms with Gasteiger partial charge in [-0.1, -0.05) is 91.1 Å². The number of carbonyl (C=O) groups excluding carboxylic acids is 1. The summed E-state index contributed by atoms with van der Waals surface area (Å²) in [7, 11) is 0. The fourth-order valence-corrected chi connectivity index (χ4v) is 5.19. The number of aromatic nitrogens is 2. The third-order valence-corrected chi connectivity index (χ3v) is 7.37. The lowest BCUT2D eigenvalue weighted by molar-refractivity contribution is 0.0970. The number of hydrogen-bond acceptors (Lipinski definition) is 3. The number of benzene rings is 2. The summed E-state index contributed by atoms with van der Waals surface area (Å²) < 4.78 is 4.16. The van der Waals surface area contributed by atoms with Gasteiger partial charge in [-0.25, -0.2) is 4.99 Å². The second-order valence-electron chi connectivity index (χ2n) is 12.6. The first kappa shape index (κ1) is 29.8. The average Bonchev–Trinajstić information content (AvgIpc) is 3.19. The van der Waals surface area contributed by atoms with Gasteiger partial charge in [-0.15, -0.1) is 12.4 Å². The summed E-state index contributed by atoms with van der Waals surface area (Å²) in [4.78, 5) is 18.9. The van der Waals surface area contributed by atoms with Crippen LogP contribution in [0, 0.1) is 0 Å². The van der Waals surface area contributed by atoms with Gasteiger partial charge in [0.05, 0.1) is 19.1 Å². The quantitative estimate of drug-likeness (QED) is 0.339. The number of nitrogens with zero attached hydrogens (tertiary/aromatic N) is 3. The Balaban J connectivity index is 0.00000400. The van der Waals surface area contributed by atoms with Crippen LogP contribution in [0.15, 0.2) is 59.9 Å². The van der Waals surface area contributed by atoms with Crippen LogP contribution >= 0.6 is 12.4 Å². The van der Waals surface area contributed by atoms with Crippen LogP contribution in [-0.4, -0.2) is 26.1 Å². The van der Waals surface area contributed by atoms with Gasteiger partial charge in [0, 0.05) is 29.1 Å². The van der Waals surface area contributed by atoms with E-state index in [4.69, 9.17) is 4.99 Å². The molecule has 0 radical (unpaired) electrons. The number of carbonyl (C=O) groups is 1. The lowest BCUT2D eigenvalue weighted by Crippen LogP contribution is -2.31. The fourth-order valence-electron chi connectivity index (χ4n) is 5.19. The Morgan fingerprint density at radius 2 is 1.45 bits per heavy atom. The van der Waals surface area contributed by atoms with E-state index in [-0.39, 0.29) is 35.6 Å². The van der Waals surface area contributed by atoms with E-state index in [1.807, 2.05) is 35.2 Å². The highest BCUT2D eigenvalue weighted by molar-refractivity contribution is 5.96. The number of halogens is 1. The predicted molar refractivity (Wildman–Crippen MR) is 157 cm³/mol. The second-order valence-corrected chi connectivity index (χ2v) is 12.6. The highest BCUT2D eigenvalue weighted by Gasteiger charge is 2.28. The highest BCUT2D eigenvalue weighted by atomic mass is 35.5. The van der Waals surface area contributed by atoms with E-state index in [1.165, 1.54) is 24.8 Å². The third kappa shape index (κ3) is 6.99. The Bertz CT molecular complexity index is 1270. The molecule has 206 valence electrons. The molecular formula is C32H44ClN3O2. The first-order valence-electron chi connectivity index (χ1n) is 13.7. The van der Waals surface area contributed by atoms with Crippen molar-refractivity contribution in [3.05, 3.63) is 82.7 Å². The van der Waals surface area contributed by atoms with Gasteiger partial charge < -0.3 is 14.2 Å². The summed E-state index contributed by atoms with van der Waals surface area (Å²) in [6, 6.07) is 14.4. The molecule has 0 aliphatic heterocycles. The van der Waals surface area contributed by atoms with Gasteiger partial charge >= 0.3 is 0 Å². The molecule has 1 fully saturated rings. The Morgan fingerprint density at radius 1 is 0.895 bits per heavy atom. The smallest absolute Gasteiger partial charge is 0.205 e. The van der Waals surface area contributed by atoms with Gasteiger partial charge in [0.15, 0.2) is 5.78 Å². The molecule has 5 nitrogen and oxygen atoms in total. The van der Waals surface area contributed by atoms with Crippen molar-refractivity contribution in [2.75, 3.05) is 0 Å². The van der Waals surface area contributed by atoms with Crippen LogP contribution in [0.2, 0.25) is 0 Å². The molecule has 1 saturated carbocycles. The van der Waals surface area contributed by atoms with Crippen molar-refractivity contribution in [2.24, 2.45) is 4.99 Å². The summed E-state index contributed by atoms with van der Waals surface area (Å²) in [5.41, 5.74) is 3.75. The zero-order valence-electron chi connectivity index (χ0n) is 23.8. The standard InChI is InChI=1S/C32H43N3O2.ClH/c1-31(2,3)26-19-24(20-27(29(26)37)32(4,5)6)28(36)22-35-18-17-34(21-23-13-9-7-10-14-23)30(35)33-25-15-11-8-12-16-25;/h7,9-10,13-14,17-20,25,37H,8,11-12,15-16,21-22H2,1-6H3;1H/b33-30+;. The molecule has 0 amide bonds. The van der Waals surface area contributed by atoms with Crippen molar-refractivity contribution in [1.82, 2.24) is 9.13 Å². The molecule has 0 atom stereocenters. The third-order valence-electron chi connectivity index (χ3n) is 7.37. The molecule has 0 unspecified atom stereocenters. The minimum absolute atomic E-state index is 0. The van der Waals surface area contributed by atoms with Crippen LogP contribution in [0.1, 0.15) is 101 Å². The molecule has 0 spiro atoms. The van der Waals surface area contributed by atoms with Gasteiger partial charge in [0.1, 0.15) is 5.75 Å². The molecule has 0 saturated heterocycles. The SMILES string of the molecule is CC(C)(C)c1cc(C(=O)Cn2ccn(Cc3ccccc3)/c2=N\C2CCCCC2)cc(C(C)(C)C)c1O.Cl. The molecule has 2 aromatic carbocycles. The zero-order valence-corrected chi connectivity index (χ0v) is 24.6. The number of phenols is 1. The zero-order chi connectivity index (χ0) is 26.8. The molecule has 1 aromatic heterocycles. The summed E-state index contributed by atoms with van der Waals surface area (Å²) in [6.45, 7) is 13.4.